The molecule has 3 rings (SSSR count). The SMILES string of the molecule is Cc1cccc(NC(=O)COC(=O)CSc2ccc3ccccc3c2)c1C. The maximum atomic E-state index is 12.0. The summed E-state index contributed by atoms with van der Waals surface area (Å²) in [5.74, 6) is -0.591. The minimum atomic E-state index is -0.413. The van der Waals surface area contributed by atoms with Gasteiger partial charge in [-0.2, -0.15) is 0 Å². The number of ether oxygens (including phenoxy) is 1. The molecule has 0 bridgehead atoms. The third-order valence-corrected chi connectivity index (χ3v) is 5.29. The molecular weight excluding hydrogens is 358 g/mol. The van der Waals surface area contributed by atoms with E-state index in [4.69, 9.17) is 4.74 Å². The molecule has 0 atom stereocenters. The highest BCUT2D eigenvalue weighted by molar-refractivity contribution is 8.00. The second-order valence-electron chi connectivity index (χ2n) is 6.25. The van der Waals surface area contributed by atoms with Crippen molar-refractivity contribution in [2.75, 3.05) is 17.7 Å². The number of hydrogen-bond acceptors (Lipinski definition) is 4. The van der Waals surface area contributed by atoms with Crippen LogP contribution in [-0.4, -0.2) is 24.2 Å². The molecule has 0 fully saturated rings. The van der Waals surface area contributed by atoms with Gasteiger partial charge in [0.05, 0.1) is 5.75 Å². The number of thioether (sulfide) groups is 1. The zero-order valence-corrected chi connectivity index (χ0v) is 16.1. The lowest BCUT2D eigenvalue weighted by Crippen LogP contribution is -2.22. The van der Waals surface area contributed by atoms with Crippen molar-refractivity contribution in [2.45, 2.75) is 18.7 Å². The van der Waals surface area contributed by atoms with Gasteiger partial charge in [0.1, 0.15) is 0 Å². The number of aryl methyl sites for hydroxylation is 1. The summed E-state index contributed by atoms with van der Waals surface area (Å²) in [6, 6.07) is 19.8. The number of carbonyl (C=O) groups excluding carboxylic acids is 2. The lowest BCUT2D eigenvalue weighted by Gasteiger charge is -2.10. The highest BCUT2D eigenvalue weighted by Gasteiger charge is 2.10. The minimum Gasteiger partial charge on any atom is -0.455 e. The van der Waals surface area contributed by atoms with E-state index in [0.717, 1.165) is 32.5 Å². The third-order valence-electron chi connectivity index (χ3n) is 4.32. The number of hydrogen-bond donors (Lipinski definition) is 1. The first kappa shape index (κ1) is 19.0. The quantitative estimate of drug-likeness (QED) is 0.497. The Kier molecular flexibility index (Phi) is 6.14. The van der Waals surface area contributed by atoms with Gasteiger partial charge in [-0.25, -0.2) is 0 Å². The van der Waals surface area contributed by atoms with Crippen molar-refractivity contribution < 1.29 is 14.3 Å². The number of amides is 1. The average Bonchev–Trinajstić information content (AvgIpc) is 2.68. The van der Waals surface area contributed by atoms with Crippen LogP contribution in [0.25, 0.3) is 10.8 Å². The van der Waals surface area contributed by atoms with Crippen LogP contribution >= 0.6 is 11.8 Å². The van der Waals surface area contributed by atoms with Gasteiger partial charge in [-0.05, 0) is 53.9 Å². The molecule has 0 aromatic heterocycles. The van der Waals surface area contributed by atoms with Crippen LogP contribution < -0.4 is 5.32 Å². The fourth-order valence-corrected chi connectivity index (χ4v) is 3.40. The van der Waals surface area contributed by atoms with E-state index >= 15 is 0 Å². The molecule has 0 spiro atoms. The standard InChI is InChI=1S/C22H21NO3S/c1-15-6-5-9-20(16(15)2)23-21(24)13-26-22(25)14-27-19-11-10-17-7-3-4-8-18(17)12-19/h3-12H,13-14H2,1-2H3,(H,23,24). The van der Waals surface area contributed by atoms with Crippen molar-refractivity contribution in [2.24, 2.45) is 0 Å². The summed E-state index contributed by atoms with van der Waals surface area (Å²) in [6.07, 6.45) is 0. The number of rotatable bonds is 6. The predicted molar refractivity (Wildman–Crippen MR) is 110 cm³/mol. The lowest BCUT2D eigenvalue weighted by atomic mass is 10.1. The van der Waals surface area contributed by atoms with Crippen LogP contribution in [0.2, 0.25) is 0 Å². The molecule has 3 aromatic carbocycles. The molecule has 1 amide bonds. The first-order valence-corrected chi connectivity index (χ1v) is 9.65. The van der Waals surface area contributed by atoms with Crippen LogP contribution in [0.3, 0.4) is 0 Å². The molecule has 1 N–H and O–H groups in total. The van der Waals surface area contributed by atoms with E-state index in [0.29, 0.717) is 0 Å². The predicted octanol–water partition coefficient (Wildman–Crippen LogP) is 4.73. The Morgan fingerprint density at radius 3 is 2.56 bits per heavy atom. The maximum Gasteiger partial charge on any atom is 0.316 e. The molecule has 4 nitrogen and oxygen atoms in total. The molecule has 0 saturated heterocycles. The van der Waals surface area contributed by atoms with Crippen molar-refractivity contribution in [1.29, 1.82) is 0 Å². The number of benzene rings is 3. The van der Waals surface area contributed by atoms with Gasteiger partial charge in [-0.3, -0.25) is 9.59 Å². The van der Waals surface area contributed by atoms with Gasteiger partial charge in [-0.1, -0.05) is 42.5 Å². The van der Waals surface area contributed by atoms with Gasteiger partial charge in [0.25, 0.3) is 5.91 Å². The van der Waals surface area contributed by atoms with E-state index in [1.165, 1.54) is 11.8 Å². The van der Waals surface area contributed by atoms with Crippen LogP contribution in [0, 0.1) is 13.8 Å². The average molecular weight is 379 g/mol. The van der Waals surface area contributed by atoms with Crippen molar-refractivity contribution in [3.63, 3.8) is 0 Å². The van der Waals surface area contributed by atoms with Gasteiger partial charge in [0.15, 0.2) is 6.61 Å². The maximum absolute atomic E-state index is 12.0. The van der Waals surface area contributed by atoms with Crippen molar-refractivity contribution in [3.8, 4) is 0 Å². The van der Waals surface area contributed by atoms with E-state index in [1.54, 1.807) is 0 Å². The van der Waals surface area contributed by atoms with Crippen LogP contribution in [-0.2, 0) is 14.3 Å². The van der Waals surface area contributed by atoms with E-state index in [2.05, 4.69) is 5.32 Å². The van der Waals surface area contributed by atoms with E-state index < -0.39 is 5.97 Å². The highest BCUT2D eigenvalue weighted by Crippen LogP contribution is 2.23. The Labute approximate surface area is 162 Å². The Balaban J connectivity index is 1.47. The topological polar surface area (TPSA) is 55.4 Å². The van der Waals surface area contributed by atoms with Gasteiger partial charge in [0.2, 0.25) is 0 Å². The van der Waals surface area contributed by atoms with Gasteiger partial charge < -0.3 is 10.1 Å². The van der Waals surface area contributed by atoms with Gasteiger partial charge in [0, 0.05) is 10.6 Å². The molecule has 0 radical (unpaired) electrons. The second kappa shape index (κ2) is 8.73. The van der Waals surface area contributed by atoms with Crippen molar-refractivity contribution >= 4 is 40.1 Å². The summed E-state index contributed by atoms with van der Waals surface area (Å²) < 4.78 is 5.08. The monoisotopic (exact) mass is 379 g/mol. The number of anilines is 1. The highest BCUT2D eigenvalue weighted by atomic mass is 32.2. The zero-order valence-electron chi connectivity index (χ0n) is 15.3. The molecule has 0 aliphatic carbocycles. The number of carbonyl (C=O) groups is 2. The van der Waals surface area contributed by atoms with E-state index in [9.17, 15) is 9.59 Å². The summed E-state index contributed by atoms with van der Waals surface area (Å²) in [7, 11) is 0. The molecule has 138 valence electrons. The zero-order chi connectivity index (χ0) is 19.2. The molecular formula is C22H21NO3S. The van der Waals surface area contributed by atoms with E-state index in [1.807, 2.05) is 74.5 Å². The van der Waals surface area contributed by atoms with Crippen molar-refractivity contribution in [3.05, 3.63) is 71.8 Å². The molecule has 0 unspecified atom stereocenters. The Hall–Kier alpha value is -2.79. The molecule has 5 heteroatoms. The molecule has 0 aliphatic heterocycles. The van der Waals surface area contributed by atoms with Crippen molar-refractivity contribution in [1.82, 2.24) is 0 Å². The van der Waals surface area contributed by atoms with Gasteiger partial charge in [-0.15, -0.1) is 11.8 Å². The number of nitrogens with one attached hydrogen (secondary N) is 1. The summed E-state index contributed by atoms with van der Waals surface area (Å²) >= 11 is 1.40. The molecule has 27 heavy (non-hydrogen) atoms. The smallest absolute Gasteiger partial charge is 0.316 e. The summed E-state index contributed by atoms with van der Waals surface area (Å²) in [5.41, 5.74) is 2.84. The fraction of sp³-hybridized carbons (Fsp3) is 0.182. The number of fused-ring (bicyclic) bond motifs is 1. The minimum absolute atomic E-state index is 0.162. The van der Waals surface area contributed by atoms with Crippen LogP contribution in [0.4, 0.5) is 5.69 Å². The van der Waals surface area contributed by atoms with E-state index in [-0.39, 0.29) is 18.3 Å². The second-order valence-corrected chi connectivity index (χ2v) is 7.30. The van der Waals surface area contributed by atoms with Gasteiger partial charge >= 0.3 is 5.97 Å². The first-order chi connectivity index (χ1) is 13.0. The molecule has 0 heterocycles. The Morgan fingerprint density at radius 2 is 1.74 bits per heavy atom. The summed E-state index contributed by atoms with van der Waals surface area (Å²) in [4.78, 5) is 24.9. The lowest BCUT2D eigenvalue weighted by molar-refractivity contribution is -0.144. The van der Waals surface area contributed by atoms with Crippen LogP contribution in [0.1, 0.15) is 11.1 Å². The van der Waals surface area contributed by atoms with Crippen LogP contribution in [0.15, 0.2) is 65.6 Å². The normalized spacial score (nSPS) is 10.6. The fourth-order valence-electron chi connectivity index (χ4n) is 2.66. The largest absolute Gasteiger partial charge is 0.455 e. The summed E-state index contributed by atoms with van der Waals surface area (Å²) in [6.45, 7) is 3.64. The first-order valence-electron chi connectivity index (χ1n) is 8.66. The Bertz CT molecular complexity index is 984. The summed E-state index contributed by atoms with van der Waals surface area (Å²) in [5, 5.41) is 5.07. The molecule has 3 aromatic rings. The molecule has 0 saturated carbocycles. The third kappa shape index (κ3) is 5.11. The van der Waals surface area contributed by atoms with Crippen LogP contribution in [0.5, 0.6) is 0 Å². The number of esters is 1. The Morgan fingerprint density at radius 1 is 0.963 bits per heavy atom. The molecule has 0 aliphatic rings.